The highest BCUT2D eigenvalue weighted by Gasteiger charge is 2.47. The van der Waals surface area contributed by atoms with E-state index in [1.165, 1.54) is 4.90 Å². The van der Waals surface area contributed by atoms with Gasteiger partial charge in [-0.2, -0.15) is 0 Å². The molecule has 0 bridgehead atoms. The number of amides is 1. The Morgan fingerprint density at radius 2 is 1.36 bits per heavy atom. The van der Waals surface area contributed by atoms with Crippen LogP contribution in [-0.4, -0.2) is 16.8 Å². The van der Waals surface area contributed by atoms with Gasteiger partial charge in [0.05, 0.1) is 11.6 Å². The SMILES string of the molecule is O=C1C(=O)N(c2ccc(Cl)cc2)C(c2cccc3ccccc23)/C1=C(/O)c1ccc(Cl)cc1. The van der Waals surface area contributed by atoms with Gasteiger partial charge in [-0.1, -0.05) is 65.7 Å². The molecule has 4 nitrogen and oxygen atoms in total. The van der Waals surface area contributed by atoms with E-state index < -0.39 is 17.7 Å². The third kappa shape index (κ3) is 3.67. The maximum atomic E-state index is 13.3. The number of fused-ring (bicyclic) bond motifs is 1. The zero-order valence-electron chi connectivity index (χ0n) is 17.2. The van der Waals surface area contributed by atoms with Gasteiger partial charge in [0.15, 0.2) is 0 Å². The van der Waals surface area contributed by atoms with Crippen molar-refractivity contribution >= 4 is 57.1 Å². The molecule has 1 heterocycles. The highest BCUT2D eigenvalue weighted by Crippen LogP contribution is 2.44. The molecule has 0 spiro atoms. The van der Waals surface area contributed by atoms with Gasteiger partial charge in [0, 0.05) is 21.3 Å². The Kier molecular flexibility index (Phi) is 5.41. The quantitative estimate of drug-likeness (QED) is 0.203. The molecule has 1 aliphatic heterocycles. The molecular weight excluding hydrogens is 457 g/mol. The lowest BCUT2D eigenvalue weighted by atomic mass is 9.91. The molecule has 4 aromatic rings. The van der Waals surface area contributed by atoms with Crippen molar-refractivity contribution in [1.29, 1.82) is 0 Å². The van der Waals surface area contributed by atoms with E-state index in [2.05, 4.69) is 0 Å². The van der Waals surface area contributed by atoms with Crippen LogP contribution in [0.15, 0.2) is 96.6 Å². The summed E-state index contributed by atoms with van der Waals surface area (Å²) in [5.41, 5.74) is 1.67. The summed E-state index contributed by atoms with van der Waals surface area (Å²) in [6.45, 7) is 0. The number of carbonyl (C=O) groups is 2. The first-order valence-corrected chi connectivity index (χ1v) is 11.0. The van der Waals surface area contributed by atoms with Crippen LogP contribution in [0.3, 0.4) is 0 Å². The molecule has 5 rings (SSSR count). The number of hydrogen-bond donors (Lipinski definition) is 1. The number of halogens is 2. The second kappa shape index (κ2) is 8.39. The summed E-state index contributed by atoms with van der Waals surface area (Å²) in [6.07, 6.45) is 0. The third-order valence-corrected chi connectivity index (χ3v) is 6.29. The molecule has 1 fully saturated rings. The molecule has 1 amide bonds. The van der Waals surface area contributed by atoms with E-state index in [9.17, 15) is 14.7 Å². The number of Topliss-reactive ketones (excluding diaryl/α,β-unsaturated/α-hetero) is 1. The molecule has 0 aliphatic carbocycles. The molecule has 1 unspecified atom stereocenters. The van der Waals surface area contributed by atoms with Gasteiger partial charge >= 0.3 is 0 Å². The lowest BCUT2D eigenvalue weighted by molar-refractivity contribution is -0.132. The van der Waals surface area contributed by atoms with Gasteiger partial charge in [0.2, 0.25) is 0 Å². The van der Waals surface area contributed by atoms with Crippen molar-refractivity contribution in [2.75, 3.05) is 4.90 Å². The highest BCUT2D eigenvalue weighted by atomic mass is 35.5. The zero-order chi connectivity index (χ0) is 23.1. The second-order valence-corrected chi connectivity index (χ2v) is 8.59. The molecule has 1 N–H and O–H groups in total. The predicted octanol–water partition coefficient (Wildman–Crippen LogP) is 6.77. The molecule has 0 saturated carbocycles. The lowest BCUT2D eigenvalue weighted by Gasteiger charge is -2.26. The van der Waals surface area contributed by atoms with Crippen LogP contribution in [0.1, 0.15) is 17.2 Å². The Hall–Kier alpha value is -3.60. The van der Waals surface area contributed by atoms with Crippen LogP contribution < -0.4 is 4.90 Å². The number of aliphatic hydroxyl groups is 1. The number of hydrogen-bond acceptors (Lipinski definition) is 3. The first kappa shape index (κ1) is 21.3. The van der Waals surface area contributed by atoms with Gasteiger partial charge in [0.25, 0.3) is 11.7 Å². The lowest BCUT2D eigenvalue weighted by Crippen LogP contribution is -2.29. The average molecular weight is 474 g/mol. The van der Waals surface area contributed by atoms with Crippen molar-refractivity contribution in [3.8, 4) is 0 Å². The van der Waals surface area contributed by atoms with Crippen molar-refractivity contribution in [3.05, 3.63) is 118 Å². The summed E-state index contributed by atoms with van der Waals surface area (Å²) >= 11 is 12.1. The Morgan fingerprint density at radius 1 is 0.758 bits per heavy atom. The normalized spacial score (nSPS) is 17.6. The van der Waals surface area contributed by atoms with Crippen LogP contribution in [0, 0.1) is 0 Å². The van der Waals surface area contributed by atoms with E-state index in [4.69, 9.17) is 23.2 Å². The summed E-state index contributed by atoms with van der Waals surface area (Å²) in [5.74, 6) is -1.72. The summed E-state index contributed by atoms with van der Waals surface area (Å²) in [7, 11) is 0. The molecule has 1 atom stereocenters. The van der Waals surface area contributed by atoms with E-state index in [0.29, 0.717) is 21.3 Å². The fourth-order valence-electron chi connectivity index (χ4n) is 4.25. The van der Waals surface area contributed by atoms with Crippen LogP contribution in [0.5, 0.6) is 0 Å². The smallest absolute Gasteiger partial charge is 0.300 e. The Morgan fingerprint density at radius 3 is 2.06 bits per heavy atom. The highest BCUT2D eigenvalue weighted by molar-refractivity contribution is 6.52. The molecule has 1 saturated heterocycles. The first-order chi connectivity index (χ1) is 16.0. The standard InChI is InChI=1S/C27H17Cl2NO3/c28-18-10-8-17(9-11-18)25(31)23-24(22-7-3-5-16-4-1-2-6-21(16)22)30(27(33)26(23)32)20-14-12-19(29)13-15-20/h1-15,24,31H/b25-23-. The number of benzene rings is 4. The first-order valence-electron chi connectivity index (χ1n) is 10.3. The van der Waals surface area contributed by atoms with Crippen LogP contribution >= 0.6 is 23.2 Å². The maximum Gasteiger partial charge on any atom is 0.300 e. The maximum absolute atomic E-state index is 13.3. The van der Waals surface area contributed by atoms with Crippen LogP contribution in [0.25, 0.3) is 16.5 Å². The predicted molar refractivity (Wildman–Crippen MR) is 132 cm³/mol. The number of anilines is 1. The molecule has 0 aromatic heterocycles. The number of nitrogens with zero attached hydrogens (tertiary/aromatic N) is 1. The topological polar surface area (TPSA) is 57.6 Å². The molecule has 162 valence electrons. The summed E-state index contributed by atoms with van der Waals surface area (Å²) in [5, 5.41) is 14.1. The molecule has 1 aliphatic rings. The summed E-state index contributed by atoms with van der Waals surface area (Å²) in [4.78, 5) is 28.0. The van der Waals surface area contributed by atoms with Gasteiger partial charge in [-0.15, -0.1) is 0 Å². The Bertz CT molecular complexity index is 1420. The molecule has 33 heavy (non-hydrogen) atoms. The van der Waals surface area contributed by atoms with Gasteiger partial charge in [-0.25, -0.2) is 0 Å². The fraction of sp³-hybridized carbons (Fsp3) is 0.0370. The van der Waals surface area contributed by atoms with E-state index >= 15 is 0 Å². The van der Waals surface area contributed by atoms with Gasteiger partial charge in [-0.05, 0) is 64.9 Å². The van der Waals surface area contributed by atoms with E-state index in [-0.39, 0.29) is 11.3 Å². The molecular formula is C27H17Cl2NO3. The van der Waals surface area contributed by atoms with Gasteiger partial charge in [0.1, 0.15) is 5.76 Å². The van der Waals surface area contributed by atoms with Crippen molar-refractivity contribution in [2.45, 2.75) is 6.04 Å². The van der Waals surface area contributed by atoms with Gasteiger partial charge in [-0.3, -0.25) is 14.5 Å². The van der Waals surface area contributed by atoms with Crippen LogP contribution in [0.4, 0.5) is 5.69 Å². The molecule has 4 aromatic carbocycles. The van der Waals surface area contributed by atoms with Crippen molar-refractivity contribution in [3.63, 3.8) is 0 Å². The number of aliphatic hydroxyl groups excluding tert-OH is 1. The molecule has 0 radical (unpaired) electrons. The monoisotopic (exact) mass is 473 g/mol. The third-order valence-electron chi connectivity index (χ3n) is 5.78. The van der Waals surface area contributed by atoms with Crippen LogP contribution in [-0.2, 0) is 9.59 Å². The van der Waals surface area contributed by atoms with Gasteiger partial charge < -0.3 is 5.11 Å². The van der Waals surface area contributed by atoms with Crippen LogP contribution in [0.2, 0.25) is 10.0 Å². The summed E-state index contributed by atoms with van der Waals surface area (Å²) in [6, 6.07) is 25.8. The minimum Gasteiger partial charge on any atom is -0.507 e. The second-order valence-electron chi connectivity index (χ2n) is 7.72. The average Bonchev–Trinajstić information content (AvgIpc) is 3.09. The minimum atomic E-state index is -0.826. The Labute approximate surface area is 200 Å². The largest absolute Gasteiger partial charge is 0.507 e. The number of carbonyl (C=O) groups excluding carboxylic acids is 2. The van der Waals surface area contributed by atoms with Crippen molar-refractivity contribution < 1.29 is 14.7 Å². The fourth-order valence-corrected chi connectivity index (χ4v) is 4.50. The van der Waals surface area contributed by atoms with Crippen molar-refractivity contribution in [2.24, 2.45) is 0 Å². The minimum absolute atomic E-state index is 0.0219. The zero-order valence-corrected chi connectivity index (χ0v) is 18.7. The van der Waals surface area contributed by atoms with E-state index in [0.717, 1.165) is 16.3 Å². The van der Waals surface area contributed by atoms with Crippen molar-refractivity contribution in [1.82, 2.24) is 0 Å². The van der Waals surface area contributed by atoms with E-state index in [1.54, 1.807) is 48.5 Å². The number of rotatable bonds is 3. The summed E-state index contributed by atoms with van der Waals surface area (Å²) < 4.78 is 0. The Balaban J connectivity index is 1.80. The molecule has 6 heteroatoms. The number of ketones is 1. The van der Waals surface area contributed by atoms with E-state index in [1.807, 2.05) is 42.5 Å².